The van der Waals surface area contributed by atoms with Gasteiger partial charge < -0.3 is 5.11 Å². The van der Waals surface area contributed by atoms with Crippen molar-refractivity contribution in [3.63, 3.8) is 0 Å². The van der Waals surface area contributed by atoms with Crippen molar-refractivity contribution in [2.24, 2.45) is 0 Å². The summed E-state index contributed by atoms with van der Waals surface area (Å²) >= 11 is 0. The van der Waals surface area contributed by atoms with Crippen molar-refractivity contribution in [1.82, 2.24) is 0 Å². The van der Waals surface area contributed by atoms with Gasteiger partial charge in [0.25, 0.3) is 0 Å². The molecule has 2 aromatic rings. The third-order valence-electron chi connectivity index (χ3n) is 2.02. The molecule has 0 bridgehead atoms. The summed E-state index contributed by atoms with van der Waals surface area (Å²) in [6, 6.07) is 12.3. The SMILES string of the molecule is Cc1cccc2c(O)cc[c]c12. The van der Waals surface area contributed by atoms with Crippen molar-refractivity contribution < 1.29 is 5.11 Å². The van der Waals surface area contributed by atoms with E-state index < -0.39 is 0 Å². The fourth-order valence-electron chi connectivity index (χ4n) is 1.37. The first-order valence-electron chi connectivity index (χ1n) is 3.88. The maximum Gasteiger partial charge on any atom is 0.123 e. The molecule has 2 aromatic carbocycles. The standard InChI is InChI=1S/C11H9O/c1-8-4-2-6-10-9(8)5-3-7-11(10)12/h2-4,6-7,12H,1H3. The molecule has 0 aliphatic rings. The molecule has 0 spiro atoms. The number of hydrogen-bond donors (Lipinski definition) is 1. The van der Waals surface area contributed by atoms with Gasteiger partial charge in [0.1, 0.15) is 5.75 Å². The van der Waals surface area contributed by atoms with E-state index in [4.69, 9.17) is 0 Å². The molecule has 59 valence electrons. The minimum atomic E-state index is 0.326. The average Bonchev–Trinajstić information content (AvgIpc) is 2.07. The lowest BCUT2D eigenvalue weighted by molar-refractivity contribution is 0.481. The van der Waals surface area contributed by atoms with Gasteiger partial charge in [-0.15, -0.1) is 0 Å². The molecule has 0 heterocycles. The Kier molecular flexibility index (Phi) is 1.51. The number of benzene rings is 2. The van der Waals surface area contributed by atoms with Crippen molar-refractivity contribution >= 4 is 10.8 Å². The molecule has 0 aromatic heterocycles. The second-order valence-corrected chi connectivity index (χ2v) is 2.86. The lowest BCUT2D eigenvalue weighted by Gasteiger charge is -2.01. The van der Waals surface area contributed by atoms with E-state index in [0.717, 1.165) is 16.3 Å². The van der Waals surface area contributed by atoms with Crippen LogP contribution in [0.15, 0.2) is 30.3 Å². The number of hydrogen-bond acceptors (Lipinski definition) is 1. The van der Waals surface area contributed by atoms with Crippen molar-refractivity contribution in [2.45, 2.75) is 6.92 Å². The normalized spacial score (nSPS) is 10.4. The summed E-state index contributed by atoms with van der Waals surface area (Å²) in [6.45, 7) is 2.01. The molecular weight excluding hydrogens is 148 g/mol. The molecule has 0 aliphatic heterocycles. The van der Waals surface area contributed by atoms with Crippen molar-refractivity contribution in [1.29, 1.82) is 0 Å². The second kappa shape index (κ2) is 2.52. The number of phenols is 1. The molecule has 0 saturated carbocycles. The molecule has 0 atom stereocenters. The van der Waals surface area contributed by atoms with Crippen LogP contribution in [0.3, 0.4) is 0 Å². The number of aromatic hydroxyl groups is 1. The van der Waals surface area contributed by atoms with Crippen molar-refractivity contribution in [3.05, 3.63) is 42.0 Å². The molecule has 0 unspecified atom stereocenters. The zero-order valence-electron chi connectivity index (χ0n) is 6.83. The van der Waals surface area contributed by atoms with Gasteiger partial charge in [0, 0.05) is 5.39 Å². The highest BCUT2D eigenvalue weighted by Crippen LogP contribution is 2.25. The lowest BCUT2D eigenvalue weighted by atomic mass is 10.1. The van der Waals surface area contributed by atoms with Gasteiger partial charge in [0.2, 0.25) is 0 Å². The molecule has 1 heteroatoms. The van der Waals surface area contributed by atoms with E-state index in [1.165, 1.54) is 0 Å². The third-order valence-corrected chi connectivity index (χ3v) is 2.02. The molecule has 0 saturated heterocycles. The van der Waals surface area contributed by atoms with Gasteiger partial charge in [0.15, 0.2) is 0 Å². The maximum absolute atomic E-state index is 9.48. The highest BCUT2D eigenvalue weighted by atomic mass is 16.3. The summed E-state index contributed by atoms with van der Waals surface area (Å²) < 4.78 is 0. The van der Waals surface area contributed by atoms with Crippen LogP contribution in [0.5, 0.6) is 5.75 Å². The maximum atomic E-state index is 9.48. The molecule has 2 rings (SSSR count). The summed E-state index contributed by atoms with van der Waals surface area (Å²) in [5, 5.41) is 11.3. The van der Waals surface area contributed by atoms with E-state index in [0.29, 0.717) is 5.75 Å². The Morgan fingerprint density at radius 2 is 2.08 bits per heavy atom. The van der Waals surface area contributed by atoms with Gasteiger partial charge in [-0.2, -0.15) is 0 Å². The topological polar surface area (TPSA) is 20.2 Å². The Morgan fingerprint density at radius 1 is 1.25 bits per heavy atom. The van der Waals surface area contributed by atoms with Crippen LogP contribution >= 0.6 is 0 Å². The Morgan fingerprint density at radius 3 is 2.83 bits per heavy atom. The number of phenolic OH excluding ortho intramolecular Hbond substituents is 1. The van der Waals surface area contributed by atoms with E-state index in [-0.39, 0.29) is 0 Å². The van der Waals surface area contributed by atoms with Crippen LogP contribution < -0.4 is 0 Å². The lowest BCUT2D eigenvalue weighted by Crippen LogP contribution is -1.77. The fraction of sp³-hybridized carbons (Fsp3) is 0.0909. The van der Waals surface area contributed by atoms with Crippen LogP contribution in [-0.4, -0.2) is 5.11 Å². The van der Waals surface area contributed by atoms with E-state index in [9.17, 15) is 5.11 Å². The first-order valence-corrected chi connectivity index (χ1v) is 3.88. The molecule has 0 aliphatic carbocycles. The Labute approximate surface area is 71.3 Å². The molecule has 0 fully saturated rings. The van der Waals surface area contributed by atoms with Crippen molar-refractivity contribution in [2.75, 3.05) is 0 Å². The number of rotatable bonds is 0. The second-order valence-electron chi connectivity index (χ2n) is 2.86. The van der Waals surface area contributed by atoms with E-state index in [1.54, 1.807) is 12.1 Å². The molecule has 1 N–H and O–H groups in total. The van der Waals surface area contributed by atoms with Crippen LogP contribution in [0.1, 0.15) is 5.56 Å². The Bertz CT molecular complexity index is 377. The third kappa shape index (κ3) is 0.944. The van der Waals surface area contributed by atoms with Crippen LogP contribution in [-0.2, 0) is 0 Å². The van der Waals surface area contributed by atoms with Crippen LogP contribution in [0.25, 0.3) is 10.8 Å². The number of aryl methyl sites for hydroxylation is 1. The van der Waals surface area contributed by atoms with Gasteiger partial charge in [-0.1, -0.05) is 24.3 Å². The first kappa shape index (κ1) is 7.17. The summed E-state index contributed by atoms with van der Waals surface area (Å²) in [6.07, 6.45) is 0. The van der Waals surface area contributed by atoms with Gasteiger partial charge in [-0.25, -0.2) is 0 Å². The van der Waals surface area contributed by atoms with Crippen LogP contribution in [0.4, 0.5) is 0 Å². The summed E-state index contributed by atoms with van der Waals surface area (Å²) in [7, 11) is 0. The molecular formula is C11H9O. The van der Waals surface area contributed by atoms with E-state index in [1.807, 2.05) is 25.1 Å². The molecule has 12 heavy (non-hydrogen) atoms. The monoisotopic (exact) mass is 157 g/mol. The zero-order chi connectivity index (χ0) is 8.55. The summed E-state index contributed by atoms with van der Waals surface area (Å²) in [4.78, 5) is 0. The summed E-state index contributed by atoms with van der Waals surface area (Å²) in [5.74, 6) is 0.326. The molecule has 1 radical (unpaired) electrons. The smallest absolute Gasteiger partial charge is 0.123 e. The predicted molar refractivity (Wildman–Crippen MR) is 49.2 cm³/mol. The molecule has 1 nitrogen and oxygen atoms in total. The Balaban J connectivity index is 2.94. The van der Waals surface area contributed by atoms with Crippen molar-refractivity contribution in [3.8, 4) is 5.75 Å². The fourth-order valence-corrected chi connectivity index (χ4v) is 1.37. The van der Waals surface area contributed by atoms with E-state index >= 15 is 0 Å². The van der Waals surface area contributed by atoms with Gasteiger partial charge in [-0.3, -0.25) is 0 Å². The van der Waals surface area contributed by atoms with Gasteiger partial charge in [0.05, 0.1) is 0 Å². The highest BCUT2D eigenvalue weighted by molar-refractivity contribution is 5.89. The van der Waals surface area contributed by atoms with Gasteiger partial charge in [-0.05, 0) is 30.0 Å². The van der Waals surface area contributed by atoms with Crippen LogP contribution in [0.2, 0.25) is 0 Å². The minimum absolute atomic E-state index is 0.326. The van der Waals surface area contributed by atoms with Crippen LogP contribution in [0, 0.1) is 13.0 Å². The number of fused-ring (bicyclic) bond motifs is 1. The Hall–Kier alpha value is -1.50. The summed E-state index contributed by atoms with van der Waals surface area (Å²) in [5.41, 5.74) is 1.14. The quantitative estimate of drug-likeness (QED) is 0.623. The highest BCUT2D eigenvalue weighted by Gasteiger charge is 1.99. The zero-order valence-corrected chi connectivity index (χ0v) is 6.83. The predicted octanol–water partition coefficient (Wildman–Crippen LogP) is 2.65. The van der Waals surface area contributed by atoms with Gasteiger partial charge >= 0.3 is 0 Å². The van der Waals surface area contributed by atoms with E-state index in [2.05, 4.69) is 6.07 Å². The molecule has 0 amide bonds. The minimum Gasteiger partial charge on any atom is -0.507 e. The largest absolute Gasteiger partial charge is 0.507 e. The first-order chi connectivity index (χ1) is 5.79. The average molecular weight is 157 g/mol.